The fourth-order valence-corrected chi connectivity index (χ4v) is 2.66. The zero-order valence-corrected chi connectivity index (χ0v) is 13.2. The van der Waals surface area contributed by atoms with Crippen LogP contribution in [0.5, 0.6) is 0 Å². The summed E-state index contributed by atoms with van der Waals surface area (Å²) in [6.07, 6.45) is 0. The zero-order valence-electron chi connectivity index (χ0n) is 12.4. The molecule has 0 saturated carbocycles. The highest BCUT2D eigenvalue weighted by Crippen LogP contribution is 2.15. The number of hydrogen-bond acceptors (Lipinski definition) is 2. The van der Waals surface area contributed by atoms with E-state index in [9.17, 15) is 0 Å². The molecule has 1 heterocycles. The van der Waals surface area contributed by atoms with Gasteiger partial charge in [0, 0.05) is 12.2 Å². The first-order valence-corrected chi connectivity index (χ1v) is 7.73. The molecule has 0 saturated heterocycles. The van der Waals surface area contributed by atoms with Gasteiger partial charge in [-0.15, -0.1) is 0 Å². The average Bonchev–Trinajstić information content (AvgIpc) is 2.91. The van der Waals surface area contributed by atoms with Crippen molar-refractivity contribution in [2.75, 3.05) is 5.32 Å². The number of nitrogens with one attached hydrogen (secondary N) is 2. The Bertz CT molecular complexity index is 780. The van der Waals surface area contributed by atoms with Gasteiger partial charge in [0.15, 0.2) is 5.11 Å². The number of aromatic nitrogens is 2. The van der Waals surface area contributed by atoms with Crippen LogP contribution >= 0.6 is 12.2 Å². The minimum absolute atomic E-state index is 0.598. The number of benzene rings is 2. The summed E-state index contributed by atoms with van der Waals surface area (Å²) in [5.74, 6) is 0.987. The molecule has 0 radical (unpaired) electrons. The van der Waals surface area contributed by atoms with E-state index in [0.717, 1.165) is 29.1 Å². The van der Waals surface area contributed by atoms with Gasteiger partial charge in [-0.2, -0.15) is 0 Å². The van der Waals surface area contributed by atoms with Crippen LogP contribution in [0.25, 0.3) is 11.0 Å². The topological polar surface area (TPSA) is 41.9 Å². The van der Waals surface area contributed by atoms with E-state index in [1.54, 1.807) is 0 Å². The lowest BCUT2D eigenvalue weighted by atomic mass is 10.3. The molecule has 0 fully saturated rings. The molecule has 3 rings (SSSR count). The van der Waals surface area contributed by atoms with E-state index < -0.39 is 0 Å². The first-order valence-electron chi connectivity index (χ1n) is 7.32. The summed E-state index contributed by atoms with van der Waals surface area (Å²) in [4.78, 5) is 4.68. The molecule has 0 aliphatic heterocycles. The van der Waals surface area contributed by atoms with Crippen molar-refractivity contribution in [1.29, 1.82) is 0 Å². The number of fused-ring (bicyclic) bond motifs is 1. The smallest absolute Gasteiger partial charge is 0.171 e. The second kappa shape index (κ2) is 6.58. The molecular weight excluding hydrogens is 292 g/mol. The van der Waals surface area contributed by atoms with Crippen LogP contribution < -0.4 is 10.6 Å². The standard InChI is InChI=1S/C17H18N4S/c1-2-21-15-11-7-6-10-14(15)20-16(21)12-18-17(22)19-13-8-4-3-5-9-13/h3-11H,2,12H2,1H3,(H2,18,19,22). The molecule has 22 heavy (non-hydrogen) atoms. The lowest BCUT2D eigenvalue weighted by molar-refractivity contribution is 0.697. The van der Waals surface area contributed by atoms with Gasteiger partial charge in [0.1, 0.15) is 5.82 Å². The van der Waals surface area contributed by atoms with Crippen LogP contribution in [0.3, 0.4) is 0 Å². The van der Waals surface area contributed by atoms with Crippen LogP contribution in [0.4, 0.5) is 5.69 Å². The quantitative estimate of drug-likeness (QED) is 0.723. The van der Waals surface area contributed by atoms with E-state index >= 15 is 0 Å². The minimum Gasteiger partial charge on any atom is -0.355 e. The number of aryl methyl sites for hydroxylation is 1. The predicted molar refractivity (Wildman–Crippen MR) is 94.9 cm³/mol. The Morgan fingerprint density at radius 2 is 1.82 bits per heavy atom. The molecule has 0 bridgehead atoms. The molecule has 2 aromatic carbocycles. The number of imidazole rings is 1. The van der Waals surface area contributed by atoms with Crippen molar-refractivity contribution in [3.05, 3.63) is 60.4 Å². The minimum atomic E-state index is 0.598. The number of rotatable bonds is 4. The third-order valence-electron chi connectivity index (χ3n) is 3.49. The Kier molecular flexibility index (Phi) is 4.34. The van der Waals surface area contributed by atoms with Gasteiger partial charge in [-0.1, -0.05) is 30.3 Å². The molecule has 0 atom stereocenters. The molecule has 0 amide bonds. The number of hydrogen-bond donors (Lipinski definition) is 2. The first-order chi connectivity index (χ1) is 10.8. The molecular formula is C17H18N4S. The van der Waals surface area contributed by atoms with Crippen LogP contribution in [0, 0.1) is 0 Å². The number of anilines is 1. The summed E-state index contributed by atoms with van der Waals surface area (Å²) in [7, 11) is 0. The molecule has 0 spiro atoms. The van der Waals surface area contributed by atoms with Gasteiger partial charge in [-0.25, -0.2) is 4.98 Å². The van der Waals surface area contributed by atoms with E-state index in [4.69, 9.17) is 12.2 Å². The number of para-hydroxylation sites is 3. The van der Waals surface area contributed by atoms with Gasteiger partial charge < -0.3 is 15.2 Å². The van der Waals surface area contributed by atoms with Gasteiger partial charge in [0.2, 0.25) is 0 Å². The summed E-state index contributed by atoms with van der Waals surface area (Å²) < 4.78 is 2.20. The Labute approximate surface area is 135 Å². The third-order valence-corrected chi connectivity index (χ3v) is 3.73. The maximum absolute atomic E-state index is 5.34. The average molecular weight is 310 g/mol. The summed E-state index contributed by atoms with van der Waals surface area (Å²) in [5, 5.41) is 6.98. The lowest BCUT2D eigenvalue weighted by Gasteiger charge is -2.11. The van der Waals surface area contributed by atoms with E-state index in [0.29, 0.717) is 11.7 Å². The van der Waals surface area contributed by atoms with Crippen molar-refractivity contribution in [3.63, 3.8) is 0 Å². The second-order valence-corrected chi connectivity index (χ2v) is 5.34. The normalized spacial score (nSPS) is 10.6. The van der Waals surface area contributed by atoms with Crippen molar-refractivity contribution >= 4 is 34.1 Å². The summed E-state index contributed by atoms with van der Waals surface area (Å²) in [6.45, 7) is 3.61. The van der Waals surface area contributed by atoms with E-state index in [2.05, 4.69) is 33.2 Å². The van der Waals surface area contributed by atoms with E-state index in [-0.39, 0.29) is 0 Å². The summed E-state index contributed by atoms with van der Waals surface area (Å²) in [5.41, 5.74) is 3.15. The Morgan fingerprint density at radius 1 is 1.09 bits per heavy atom. The molecule has 2 N–H and O–H groups in total. The van der Waals surface area contributed by atoms with Crippen molar-refractivity contribution < 1.29 is 0 Å². The van der Waals surface area contributed by atoms with Gasteiger partial charge in [-0.3, -0.25) is 0 Å². The highest BCUT2D eigenvalue weighted by atomic mass is 32.1. The molecule has 0 aliphatic carbocycles. The Hall–Kier alpha value is -2.40. The maximum Gasteiger partial charge on any atom is 0.171 e. The molecule has 0 aliphatic rings. The van der Waals surface area contributed by atoms with Crippen LogP contribution in [0.2, 0.25) is 0 Å². The highest BCUT2D eigenvalue weighted by Gasteiger charge is 2.09. The van der Waals surface area contributed by atoms with Gasteiger partial charge >= 0.3 is 0 Å². The lowest BCUT2D eigenvalue weighted by Crippen LogP contribution is -2.29. The summed E-state index contributed by atoms with van der Waals surface area (Å²) >= 11 is 5.34. The molecule has 0 unspecified atom stereocenters. The first kappa shape index (κ1) is 14.5. The fraction of sp³-hybridized carbons (Fsp3) is 0.176. The van der Waals surface area contributed by atoms with Crippen LogP contribution in [-0.4, -0.2) is 14.7 Å². The van der Waals surface area contributed by atoms with Crippen LogP contribution in [-0.2, 0) is 13.1 Å². The SMILES string of the molecule is CCn1c(CNC(=S)Nc2ccccc2)nc2ccccc21. The monoisotopic (exact) mass is 310 g/mol. The maximum atomic E-state index is 5.34. The van der Waals surface area contributed by atoms with Gasteiger partial charge in [0.25, 0.3) is 0 Å². The highest BCUT2D eigenvalue weighted by molar-refractivity contribution is 7.80. The molecule has 4 nitrogen and oxygen atoms in total. The van der Waals surface area contributed by atoms with Crippen molar-refractivity contribution in [3.8, 4) is 0 Å². The van der Waals surface area contributed by atoms with Crippen LogP contribution in [0.1, 0.15) is 12.7 Å². The van der Waals surface area contributed by atoms with Crippen molar-refractivity contribution in [1.82, 2.24) is 14.9 Å². The van der Waals surface area contributed by atoms with Gasteiger partial charge in [-0.05, 0) is 43.4 Å². The van der Waals surface area contributed by atoms with Crippen LogP contribution in [0.15, 0.2) is 54.6 Å². The second-order valence-electron chi connectivity index (χ2n) is 4.93. The van der Waals surface area contributed by atoms with Crippen molar-refractivity contribution in [2.45, 2.75) is 20.0 Å². The molecule has 5 heteroatoms. The fourth-order valence-electron chi connectivity index (χ4n) is 2.47. The van der Waals surface area contributed by atoms with E-state index in [1.165, 1.54) is 0 Å². The Balaban J connectivity index is 1.70. The molecule has 1 aromatic heterocycles. The third kappa shape index (κ3) is 3.09. The zero-order chi connectivity index (χ0) is 15.4. The van der Waals surface area contributed by atoms with Gasteiger partial charge in [0.05, 0.1) is 17.6 Å². The van der Waals surface area contributed by atoms with Crippen molar-refractivity contribution in [2.24, 2.45) is 0 Å². The number of nitrogens with zero attached hydrogens (tertiary/aromatic N) is 2. The Morgan fingerprint density at radius 3 is 2.59 bits per heavy atom. The summed E-state index contributed by atoms with van der Waals surface area (Å²) in [6, 6.07) is 18.1. The molecule has 112 valence electrons. The largest absolute Gasteiger partial charge is 0.355 e. The predicted octanol–water partition coefficient (Wildman–Crippen LogP) is 3.54. The number of thiocarbonyl (C=S) groups is 1. The molecule has 3 aromatic rings. The van der Waals surface area contributed by atoms with E-state index in [1.807, 2.05) is 48.5 Å².